The Labute approximate surface area is 124 Å². The quantitative estimate of drug-likeness (QED) is 0.775. The molecule has 4 heteroatoms. The molecule has 0 saturated carbocycles. The van der Waals surface area contributed by atoms with Gasteiger partial charge in [0, 0.05) is 12.2 Å². The van der Waals surface area contributed by atoms with Gasteiger partial charge in [0.25, 0.3) is 0 Å². The molecule has 0 spiro atoms. The minimum Gasteiger partial charge on any atom is -0.378 e. The molecule has 3 aromatic rings. The van der Waals surface area contributed by atoms with E-state index < -0.39 is 0 Å². The van der Waals surface area contributed by atoms with Crippen LogP contribution >= 0.6 is 0 Å². The average molecular weight is 278 g/mol. The van der Waals surface area contributed by atoms with Crippen LogP contribution in [0.2, 0.25) is 0 Å². The fraction of sp³-hybridized carbons (Fsp3) is 0.176. The molecule has 0 saturated heterocycles. The smallest absolute Gasteiger partial charge is 0.146 e. The minimum atomic E-state index is 0.679. The van der Waals surface area contributed by atoms with Crippen LogP contribution in [-0.2, 0) is 13.1 Å². The summed E-state index contributed by atoms with van der Waals surface area (Å²) in [5.74, 6) is 0.949. The average Bonchev–Trinajstić information content (AvgIpc) is 3.02. The van der Waals surface area contributed by atoms with E-state index in [0.717, 1.165) is 18.1 Å². The van der Waals surface area contributed by atoms with E-state index in [-0.39, 0.29) is 0 Å². The summed E-state index contributed by atoms with van der Waals surface area (Å²) in [7, 11) is 0. The van der Waals surface area contributed by atoms with Crippen LogP contribution in [-0.4, -0.2) is 14.8 Å². The van der Waals surface area contributed by atoms with Crippen molar-refractivity contribution in [3.63, 3.8) is 0 Å². The first-order valence-electron chi connectivity index (χ1n) is 7.13. The van der Waals surface area contributed by atoms with Gasteiger partial charge < -0.3 is 5.32 Å². The van der Waals surface area contributed by atoms with Crippen LogP contribution < -0.4 is 5.32 Å². The molecular weight excluding hydrogens is 260 g/mol. The molecule has 0 amide bonds. The van der Waals surface area contributed by atoms with Crippen LogP contribution in [0.25, 0.3) is 11.1 Å². The lowest BCUT2D eigenvalue weighted by Gasteiger charge is -2.08. The maximum atomic E-state index is 4.26. The minimum absolute atomic E-state index is 0.679. The Morgan fingerprint density at radius 1 is 0.952 bits per heavy atom. The van der Waals surface area contributed by atoms with Crippen molar-refractivity contribution in [2.24, 2.45) is 0 Å². The summed E-state index contributed by atoms with van der Waals surface area (Å²) in [6, 6.07) is 18.8. The van der Waals surface area contributed by atoms with Crippen LogP contribution in [0.1, 0.15) is 12.7 Å². The van der Waals surface area contributed by atoms with Crippen molar-refractivity contribution >= 4 is 5.69 Å². The molecule has 0 aliphatic rings. The molecule has 2 aromatic carbocycles. The SMILES string of the molecule is CCn1ncnc1CNc1ccc(-c2ccccc2)cc1. The topological polar surface area (TPSA) is 42.7 Å². The fourth-order valence-electron chi connectivity index (χ4n) is 2.28. The van der Waals surface area contributed by atoms with Gasteiger partial charge in [-0.25, -0.2) is 9.67 Å². The maximum Gasteiger partial charge on any atom is 0.146 e. The van der Waals surface area contributed by atoms with Crippen LogP contribution in [0.15, 0.2) is 60.9 Å². The van der Waals surface area contributed by atoms with Gasteiger partial charge in [0.05, 0.1) is 6.54 Å². The molecule has 3 rings (SSSR count). The number of hydrogen-bond donors (Lipinski definition) is 1. The predicted molar refractivity (Wildman–Crippen MR) is 84.9 cm³/mol. The van der Waals surface area contributed by atoms with Crippen molar-refractivity contribution in [3.05, 3.63) is 66.7 Å². The van der Waals surface area contributed by atoms with Gasteiger partial charge in [-0.05, 0) is 30.2 Å². The second-order valence-electron chi connectivity index (χ2n) is 4.79. The largest absolute Gasteiger partial charge is 0.378 e. The van der Waals surface area contributed by atoms with Gasteiger partial charge >= 0.3 is 0 Å². The third-order valence-electron chi connectivity index (χ3n) is 3.44. The van der Waals surface area contributed by atoms with Gasteiger partial charge in [-0.3, -0.25) is 0 Å². The monoisotopic (exact) mass is 278 g/mol. The third kappa shape index (κ3) is 3.11. The Morgan fingerprint density at radius 2 is 1.67 bits per heavy atom. The van der Waals surface area contributed by atoms with Crippen molar-refractivity contribution < 1.29 is 0 Å². The maximum absolute atomic E-state index is 4.26. The first-order chi connectivity index (χ1) is 10.4. The van der Waals surface area contributed by atoms with E-state index in [1.165, 1.54) is 11.1 Å². The van der Waals surface area contributed by atoms with E-state index in [1.807, 2.05) is 10.7 Å². The summed E-state index contributed by atoms with van der Waals surface area (Å²) >= 11 is 0. The second-order valence-corrected chi connectivity index (χ2v) is 4.79. The number of nitrogens with one attached hydrogen (secondary N) is 1. The molecule has 0 fully saturated rings. The van der Waals surface area contributed by atoms with Gasteiger partial charge in [-0.2, -0.15) is 5.10 Å². The zero-order valence-electron chi connectivity index (χ0n) is 12.0. The van der Waals surface area contributed by atoms with Gasteiger partial charge in [0.15, 0.2) is 0 Å². The van der Waals surface area contributed by atoms with Crippen molar-refractivity contribution in [2.45, 2.75) is 20.0 Å². The number of hydrogen-bond acceptors (Lipinski definition) is 3. The number of benzene rings is 2. The van der Waals surface area contributed by atoms with E-state index in [2.05, 4.69) is 70.9 Å². The van der Waals surface area contributed by atoms with E-state index in [0.29, 0.717) is 6.54 Å². The van der Waals surface area contributed by atoms with Crippen molar-refractivity contribution in [3.8, 4) is 11.1 Å². The highest BCUT2D eigenvalue weighted by molar-refractivity contribution is 5.65. The Bertz CT molecular complexity index is 686. The summed E-state index contributed by atoms with van der Waals surface area (Å²) in [6.45, 7) is 3.58. The highest BCUT2D eigenvalue weighted by atomic mass is 15.3. The Kier molecular flexibility index (Phi) is 3.96. The van der Waals surface area contributed by atoms with Crippen molar-refractivity contribution in [1.82, 2.24) is 14.8 Å². The van der Waals surface area contributed by atoms with Gasteiger partial charge in [0.1, 0.15) is 12.2 Å². The molecule has 1 aromatic heterocycles. The van der Waals surface area contributed by atoms with Crippen LogP contribution in [0.4, 0.5) is 5.69 Å². The summed E-state index contributed by atoms with van der Waals surface area (Å²) in [4.78, 5) is 4.26. The molecule has 0 bridgehead atoms. The summed E-state index contributed by atoms with van der Waals surface area (Å²) < 4.78 is 1.89. The van der Waals surface area contributed by atoms with Crippen LogP contribution in [0.3, 0.4) is 0 Å². The molecule has 0 atom stereocenters. The van der Waals surface area contributed by atoms with Gasteiger partial charge in [0.2, 0.25) is 0 Å². The molecule has 1 heterocycles. The summed E-state index contributed by atoms with van der Waals surface area (Å²) in [6.07, 6.45) is 1.60. The molecule has 0 unspecified atom stereocenters. The zero-order chi connectivity index (χ0) is 14.5. The fourth-order valence-corrected chi connectivity index (χ4v) is 2.28. The second kappa shape index (κ2) is 6.22. The van der Waals surface area contributed by atoms with Gasteiger partial charge in [-0.15, -0.1) is 0 Å². The van der Waals surface area contributed by atoms with Crippen molar-refractivity contribution in [2.75, 3.05) is 5.32 Å². The summed E-state index contributed by atoms with van der Waals surface area (Å²) in [5, 5.41) is 7.54. The number of anilines is 1. The van der Waals surface area contributed by atoms with Crippen LogP contribution in [0.5, 0.6) is 0 Å². The lowest BCUT2D eigenvalue weighted by molar-refractivity contribution is 0.622. The number of aryl methyl sites for hydroxylation is 1. The molecule has 0 radical (unpaired) electrons. The van der Waals surface area contributed by atoms with Crippen molar-refractivity contribution in [1.29, 1.82) is 0 Å². The van der Waals surface area contributed by atoms with Crippen LogP contribution in [0, 0.1) is 0 Å². The normalized spacial score (nSPS) is 10.5. The lowest BCUT2D eigenvalue weighted by Crippen LogP contribution is -2.08. The Morgan fingerprint density at radius 3 is 2.38 bits per heavy atom. The first kappa shape index (κ1) is 13.4. The van der Waals surface area contributed by atoms with E-state index >= 15 is 0 Å². The molecule has 21 heavy (non-hydrogen) atoms. The molecule has 1 N–H and O–H groups in total. The highest BCUT2D eigenvalue weighted by Gasteiger charge is 2.02. The lowest BCUT2D eigenvalue weighted by atomic mass is 10.1. The zero-order valence-corrected chi connectivity index (χ0v) is 12.0. The molecule has 4 nitrogen and oxygen atoms in total. The first-order valence-corrected chi connectivity index (χ1v) is 7.13. The predicted octanol–water partition coefficient (Wildman–Crippen LogP) is 3.58. The highest BCUT2D eigenvalue weighted by Crippen LogP contribution is 2.21. The third-order valence-corrected chi connectivity index (χ3v) is 3.44. The number of nitrogens with zero attached hydrogens (tertiary/aromatic N) is 3. The standard InChI is InChI=1S/C17H18N4/c1-2-21-17(19-13-20-21)12-18-16-10-8-15(9-11-16)14-6-4-3-5-7-14/h3-11,13,18H,2,12H2,1H3. The summed E-state index contributed by atoms with van der Waals surface area (Å²) in [5.41, 5.74) is 3.54. The van der Waals surface area contributed by atoms with E-state index in [4.69, 9.17) is 0 Å². The molecule has 0 aliphatic carbocycles. The van der Waals surface area contributed by atoms with E-state index in [1.54, 1.807) is 6.33 Å². The molecular formula is C17H18N4. The Hall–Kier alpha value is -2.62. The molecule has 0 aliphatic heterocycles. The number of rotatable bonds is 5. The Balaban J connectivity index is 1.68. The van der Waals surface area contributed by atoms with Gasteiger partial charge in [-0.1, -0.05) is 42.5 Å². The number of aromatic nitrogens is 3. The van der Waals surface area contributed by atoms with E-state index in [9.17, 15) is 0 Å². The molecule has 106 valence electrons.